The van der Waals surface area contributed by atoms with Crippen molar-refractivity contribution < 1.29 is 4.79 Å². The molecule has 3 nitrogen and oxygen atoms in total. The molecule has 1 heterocycles. The van der Waals surface area contributed by atoms with Gasteiger partial charge in [0, 0.05) is 13.1 Å². The Balaban J connectivity index is 1.61. The Morgan fingerprint density at radius 1 is 1.24 bits per heavy atom. The van der Waals surface area contributed by atoms with E-state index in [2.05, 4.69) is 10.6 Å². The van der Waals surface area contributed by atoms with Crippen LogP contribution in [0, 0.1) is 17.3 Å². The first-order chi connectivity index (χ1) is 8.31. The monoisotopic (exact) mass is 236 g/mol. The molecule has 2 atom stereocenters. The first kappa shape index (κ1) is 11.5. The number of fused-ring (bicyclic) bond motifs is 1. The fourth-order valence-corrected chi connectivity index (χ4v) is 3.80. The molecule has 96 valence electrons. The minimum absolute atomic E-state index is 0.0536. The number of amides is 1. The summed E-state index contributed by atoms with van der Waals surface area (Å²) in [5, 5.41) is 6.68. The summed E-state index contributed by atoms with van der Waals surface area (Å²) < 4.78 is 0. The summed E-state index contributed by atoms with van der Waals surface area (Å²) in [6.07, 6.45) is 8.86. The first-order valence-corrected chi connectivity index (χ1v) is 7.30. The summed E-state index contributed by atoms with van der Waals surface area (Å²) in [7, 11) is 0. The van der Waals surface area contributed by atoms with E-state index in [1.54, 1.807) is 0 Å². The van der Waals surface area contributed by atoms with Crippen LogP contribution in [-0.4, -0.2) is 25.5 Å². The smallest absolute Gasteiger partial charge is 0.227 e. The molecule has 3 heteroatoms. The summed E-state index contributed by atoms with van der Waals surface area (Å²) in [6, 6.07) is 0. The molecule has 3 fully saturated rings. The van der Waals surface area contributed by atoms with E-state index < -0.39 is 0 Å². The third-order valence-corrected chi connectivity index (χ3v) is 5.27. The van der Waals surface area contributed by atoms with E-state index in [4.69, 9.17) is 0 Å². The molecule has 2 aliphatic carbocycles. The highest BCUT2D eigenvalue weighted by atomic mass is 16.2. The van der Waals surface area contributed by atoms with Crippen LogP contribution in [0.15, 0.2) is 0 Å². The molecule has 3 rings (SSSR count). The lowest BCUT2D eigenvalue weighted by atomic mass is 9.67. The van der Waals surface area contributed by atoms with E-state index in [0.29, 0.717) is 11.8 Å². The number of rotatable bonds is 3. The Hall–Kier alpha value is -0.570. The molecule has 0 radical (unpaired) electrons. The van der Waals surface area contributed by atoms with Crippen molar-refractivity contribution in [1.29, 1.82) is 0 Å². The second-order valence-corrected chi connectivity index (χ2v) is 6.24. The normalized spacial score (nSPS) is 37.3. The molecule has 2 N–H and O–H groups in total. The van der Waals surface area contributed by atoms with E-state index in [-0.39, 0.29) is 5.41 Å². The molecule has 0 spiro atoms. The highest BCUT2D eigenvalue weighted by Crippen LogP contribution is 2.44. The summed E-state index contributed by atoms with van der Waals surface area (Å²) in [5.74, 6) is 1.71. The maximum Gasteiger partial charge on any atom is 0.227 e. The van der Waals surface area contributed by atoms with E-state index in [9.17, 15) is 4.79 Å². The standard InChI is InChI=1S/C14H24N2O/c17-13(16-8-11-4-3-5-11)14-7-2-1-6-12(14)9-15-10-14/h11-12,15H,1-10H2,(H,16,17)/t12-,14+/m0/s1. The molecule has 0 aromatic rings. The molecule has 0 aromatic heterocycles. The Bertz CT molecular complexity index is 301. The molecular weight excluding hydrogens is 212 g/mol. The first-order valence-electron chi connectivity index (χ1n) is 7.30. The largest absolute Gasteiger partial charge is 0.355 e. The lowest BCUT2D eigenvalue weighted by Gasteiger charge is -2.38. The van der Waals surface area contributed by atoms with Crippen molar-refractivity contribution in [2.75, 3.05) is 19.6 Å². The van der Waals surface area contributed by atoms with Crippen molar-refractivity contribution in [3.05, 3.63) is 0 Å². The highest BCUT2D eigenvalue weighted by molar-refractivity contribution is 5.83. The SMILES string of the molecule is O=C(NCC1CCC1)[C@@]12CCCC[C@H]1CNC2. The number of hydrogen-bond donors (Lipinski definition) is 2. The van der Waals surface area contributed by atoms with Gasteiger partial charge in [0.1, 0.15) is 0 Å². The van der Waals surface area contributed by atoms with E-state index in [0.717, 1.165) is 32.0 Å². The predicted octanol–water partition coefficient (Wildman–Crippen LogP) is 1.68. The third-order valence-electron chi connectivity index (χ3n) is 5.27. The van der Waals surface area contributed by atoms with Crippen molar-refractivity contribution in [1.82, 2.24) is 10.6 Å². The second-order valence-electron chi connectivity index (χ2n) is 6.24. The van der Waals surface area contributed by atoms with Crippen LogP contribution in [0.4, 0.5) is 0 Å². The Labute approximate surface area is 104 Å². The van der Waals surface area contributed by atoms with Crippen LogP contribution in [0.3, 0.4) is 0 Å². The number of carbonyl (C=O) groups is 1. The van der Waals surface area contributed by atoms with Crippen LogP contribution in [-0.2, 0) is 4.79 Å². The zero-order chi connectivity index (χ0) is 11.7. The maximum absolute atomic E-state index is 12.5. The second kappa shape index (κ2) is 4.60. The van der Waals surface area contributed by atoms with Crippen molar-refractivity contribution in [3.8, 4) is 0 Å². The van der Waals surface area contributed by atoms with Gasteiger partial charge in [-0.15, -0.1) is 0 Å². The van der Waals surface area contributed by atoms with Crippen LogP contribution in [0.25, 0.3) is 0 Å². The molecule has 1 amide bonds. The van der Waals surface area contributed by atoms with Gasteiger partial charge in [-0.25, -0.2) is 0 Å². The molecule has 0 unspecified atom stereocenters. The van der Waals surface area contributed by atoms with Crippen molar-refractivity contribution >= 4 is 5.91 Å². The summed E-state index contributed by atoms with van der Waals surface area (Å²) in [6.45, 7) is 2.89. The van der Waals surface area contributed by atoms with Gasteiger partial charge in [-0.2, -0.15) is 0 Å². The summed E-state index contributed by atoms with van der Waals surface area (Å²) in [4.78, 5) is 12.5. The minimum atomic E-state index is -0.0536. The van der Waals surface area contributed by atoms with Gasteiger partial charge in [-0.1, -0.05) is 19.3 Å². The topological polar surface area (TPSA) is 41.1 Å². The number of carbonyl (C=O) groups excluding carboxylic acids is 1. The summed E-state index contributed by atoms with van der Waals surface area (Å²) in [5.41, 5.74) is -0.0536. The fourth-order valence-electron chi connectivity index (χ4n) is 3.80. The Kier molecular flexibility index (Phi) is 3.12. The molecule has 3 aliphatic rings. The quantitative estimate of drug-likeness (QED) is 0.783. The molecule has 0 bridgehead atoms. The fraction of sp³-hybridized carbons (Fsp3) is 0.929. The van der Waals surface area contributed by atoms with Gasteiger partial charge in [-0.05, 0) is 44.1 Å². The van der Waals surface area contributed by atoms with Crippen LogP contribution >= 0.6 is 0 Å². The van der Waals surface area contributed by atoms with Crippen molar-refractivity contribution in [3.63, 3.8) is 0 Å². The van der Waals surface area contributed by atoms with Gasteiger partial charge in [0.15, 0.2) is 0 Å². The Morgan fingerprint density at radius 2 is 2.12 bits per heavy atom. The Morgan fingerprint density at radius 3 is 2.88 bits per heavy atom. The average molecular weight is 236 g/mol. The molecule has 1 saturated heterocycles. The number of nitrogens with one attached hydrogen (secondary N) is 2. The lowest BCUT2D eigenvalue weighted by molar-refractivity contribution is -0.134. The van der Waals surface area contributed by atoms with Gasteiger partial charge < -0.3 is 10.6 Å². The highest BCUT2D eigenvalue weighted by Gasteiger charge is 2.49. The zero-order valence-corrected chi connectivity index (χ0v) is 10.6. The maximum atomic E-state index is 12.5. The predicted molar refractivity (Wildman–Crippen MR) is 67.6 cm³/mol. The van der Waals surface area contributed by atoms with E-state index in [1.807, 2.05) is 0 Å². The minimum Gasteiger partial charge on any atom is -0.355 e. The van der Waals surface area contributed by atoms with Gasteiger partial charge in [-0.3, -0.25) is 4.79 Å². The molecule has 1 aliphatic heterocycles. The van der Waals surface area contributed by atoms with Crippen molar-refractivity contribution in [2.45, 2.75) is 44.9 Å². The van der Waals surface area contributed by atoms with Gasteiger partial charge in [0.25, 0.3) is 0 Å². The van der Waals surface area contributed by atoms with E-state index in [1.165, 1.54) is 38.5 Å². The van der Waals surface area contributed by atoms with Crippen LogP contribution in [0.5, 0.6) is 0 Å². The zero-order valence-electron chi connectivity index (χ0n) is 10.6. The average Bonchev–Trinajstić information content (AvgIpc) is 2.71. The van der Waals surface area contributed by atoms with Crippen molar-refractivity contribution in [2.24, 2.45) is 17.3 Å². The van der Waals surface area contributed by atoms with Crippen LogP contribution < -0.4 is 10.6 Å². The third kappa shape index (κ3) is 1.99. The van der Waals surface area contributed by atoms with Gasteiger partial charge >= 0.3 is 0 Å². The van der Waals surface area contributed by atoms with Crippen LogP contribution in [0.2, 0.25) is 0 Å². The lowest BCUT2D eigenvalue weighted by Crippen LogP contribution is -2.49. The molecule has 17 heavy (non-hydrogen) atoms. The molecule has 0 aromatic carbocycles. The van der Waals surface area contributed by atoms with E-state index >= 15 is 0 Å². The number of hydrogen-bond acceptors (Lipinski definition) is 2. The molecular formula is C14H24N2O. The van der Waals surface area contributed by atoms with Crippen LogP contribution in [0.1, 0.15) is 44.9 Å². The van der Waals surface area contributed by atoms with Gasteiger partial charge in [0.2, 0.25) is 5.91 Å². The molecule has 2 saturated carbocycles. The van der Waals surface area contributed by atoms with Gasteiger partial charge in [0.05, 0.1) is 5.41 Å². The summed E-state index contributed by atoms with van der Waals surface area (Å²) >= 11 is 0.